The summed E-state index contributed by atoms with van der Waals surface area (Å²) < 4.78 is 0.846. The number of benzene rings is 1. The number of aryl methyl sites for hydroxylation is 1. The van der Waals surface area contributed by atoms with Crippen LogP contribution < -0.4 is 16.6 Å². The summed E-state index contributed by atoms with van der Waals surface area (Å²) in [5.74, 6) is -0.387. The highest BCUT2D eigenvalue weighted by atomic mass is 127. The molecule has 0 spiro atoms. The molecule has 0 atom stereocenters. The van der Waals surface area contributed by atoms with Crippen LogP contribution in [0.25, 0.3) is 0 Å². The van der Waals surface area contributed by atoms with Gasteiger partial charge in [0.15, 0.2) is 0 Å². The minimum Gasteiger partial charge on any atom is -0.350 e. The first-order valence-electron chi connectivity index (χ1n) is 4.13. The van der Waals surface area contributed by atoms with Crippen LogP contribution in [0.4, 0.5) is 4.79 Å². The lowest BCUT2D eigenvalue weighted by atomic mass is 10.1. The normalized spacial score (nSPS) is 9.47. The molecule has 4 N–H and O–H groups in total. The molecule has 0 aliphatic heterocycles. The molecule has 6 heteroatoms. The molecule has 0 fully saturated rings. The van der Waals surface area contributed by atoms with Gasteiger partial charge in [0.1, 0.15) is 0 Å². The number of carbonyl (C=O) groups is 2. The van der Waals surface area contributed by atoms with Gasteiger partial charge in [-0.25, -0.2) is 10.2 Å². The van der Waals surface area contributed by atoms with Crippen LogP contribution in [0.5, 0.6) is 0 Å². The van der Waals surface area contributed by atoms with Crippen molar-refractivity contribution in [3.05, 3.63) is 32.9 Å². The molecule has 0 saturated heterocycles. The summed E-state index contributed by atoms with van der Waals surface area (Å²) in [6, 6.07) is 4.55. The van der Waals surface area contributed by atoms with Crippen LogP contribution in [0.2, 0.25) is 0 Å². The van der Waals surface area contributed by atoms with Crippen LogP contribution >= 0.6 is 22.6 Å². The number of carbonyl (C=O) groups excluding carboxylic acids is 2. The maximum atomic E-state index is 11.5. The second-order valence-corrected chi connectivity index (χ2v) is 3.96. The molecular formula is C9H10IN3O2. The molecule has 0 aliphatic carbocycles. The van der Waals surface area contributed by atoms with E-state index in [1.54, 1.807) is 12.1 Å². The fourth-order valence-corrected chi connectivity index (χ4v) is 1.61. The van der Waals surface area contributed by atoms with E-state index < -0.39 is 6.03 Å². The minimum atomic E-state index is -0.800. The van der Waals surface area contributed by atoms with Crippen molar-refractivity contribution in [1.82, 2.24) is 10.9 Å². The number of hydrogen-bond donors (Lipinski definition) is 3. The molecule has 1 aromatic rings. The summed E-state index contributed by atoms with van der Waals surface area (Å²) in [7, 11) is 0. The zero-order valence-corrected chi connectivity index (χ0v) is 10.2. The molecule has 80 valence electrons. The van der Waals surface area contributed by atoms with Crippen molar-refractivity contribution in [3.8, 4) is 0 Å². The Balaban J connectivity index is 2.82. The van der Waals surface area contributed by atoms with Crippen LogP contribution in [-0.4, -0.2) is 11.9 Å². The SMILES string of the molecule is Cc1cccc(C(=O)NNC(N)=O)c1I. The number of amides is 3. The fourth-order valence-electron chi connectivity index (χ4n) is 1.01. The second kappa shape index (κ2) is 4.96. The van der Waals surface area contributed by atoms with Gasteiger partial charge in [-0.1, -0.05) is 12.1 Å². The van der Waals surface area contributed by atoms with Crippen LogP contribution in [0.15, 0.2) is 18.2 Å². The van der Waals surface area contributed by atoms with Gasteiger partial charge in [-0.2, -0.15) is 0 Å². The van der Waals surface area contributed by atoms with Crippen LogP contribution in [0, 0.1) is 10.5 Å². The molecule has 0 heterocycles. The topological polar surface area (TPSA) is 84.2 Å². The Hall–Kier alpha value is -1.31. The lowest BCUT2D eigenvalue weighted by Gasteiger charge is -2.07. The van der Waals surface area contributed by atoms with E-state index >= 15 is 0 Å². The quantitative estimate of drug-likeness (QED) is 0.531. The summed E-state index contributed by atoms with van der Waals surface area (Å²) >= 11 is 2.07. The van der Waals surface area contributed by atoms with Crippen LogP contribution in [0.3, 0.4) is 0 Å². The van der Waals surface area contributed by atoms with Crippen molar-refractivity contribution in [2.45, 2.75) is 6.92 Å². The fraction of sp³-hybridized carbons (Fsp3) is 0.111. The first-order valence-corrected chi connectivity index (χ1v) is 5.21. The largest absolute Gasteiger partial charge is 0.350 e. The van der Waals surface area contributed by atoms with E-state index in [-0.39, 0.29) is 5.91 Å². The zero-order valence-electron chi connectivity index (χ0n) is 8.00. The van der Waals surface area contributed by atoms with Crippen LogP contribution in [0.1, 0.15) is 15.9 Å². The predicted molar refractivity (Wildman–Crippen MR) is 64.1 cm³/mol. The number of hydrogen-bond acceptors (Lipinski definition) is 2. The molecule has 5 nitrogen and oxygen atoms in total. The second-order valence-electron chi connectivity index (χ2n) is 2.88. The summed E-state index contributed by atoms with van der Waals surface area (Å²) in [5, 5.41) is 0. The molecule has 0 radical (unpaired) electrons. The maximum Gasteiger partial charge on any atom is 0.330 e. The number of primary amides is 1. The predicted octanol–water partition coefficient (Wildman–Crippen LogP) is 0.913. The molecule has 0 aliphatic rings. The Bertz CT molecular complexity index is 406. The highest BCUT2D eigenvalue weighted by Crippen LogP contribution is 2.16. The van der Waals surface area contributed by atoms with Gasteiger partial charge in [0.05, 0.1) is 5.56 Å². The van der Waals surface area contributed by atoms with E-state index in [2.05, 4.69) is 28.0 Å². The van der Waals surface area contributed by atoms with Gasteiger partial charge in [-0.15, -0.1) is 0 Å². The van der Waals surface area contributed by atoms with Gasteiger partial charge in [-0.05, 0) is 41.1 Å². The third-order valence-electron chi connectivity index (χ3n) is 1.74. The van der Waals surface area contributed by atoms with E-state index in [1.165, 1.54) is 0 Å². The first kappa shape index (κ1) is 11.8. The molecule has 0 saturated carbocycles. The summed E-state index contributed by atoms with van der Waals surface area (Å²) in [4.78, 5) is 21.9. The Morgan fingerprint density at radius 1 is 1.33 bits per heavy atom. The number of halogens is 1. The Kier molecular flexibility index (Phi) is 3.89. The van der Waals surface area contributed by atoms with Crippen molar-refractivity contribution in [2.75, 3.05) is 0 Å². The summed E-state index contributed by atoms with van der Waals surface area (Å²) in [6.45, 7) is 1.90. The number of hydrazine groups is 1. The Morgan fingerprint density at radius 2 is 2.00 bits per heavy atom. The number of nitrogens with two attached hydrogens (primary N) is 1. The first-order chi connectivity index (χ1) is 7.02. The highest BCUT2D eigenvalue weighted by Gasteiger charge is 2.10. The van der Waals surface area contributed by atoms with Crippen molar-refractivity contribution in [1.29, 1.82) is 0 Å². The minimum absolute atomic E-state index is 0.387. The van der Waals surface area contributed by atoms with Crippen LogP contribution in [-0.2, 0) is 0 Å². The van der Waals surface area contributed by atoms with Crippen molar-refractivity contribution < 1.29 is 9.59 Å². The van der Waals surface area contributed by atoms with Crippen molar-refractivity contribution in [2.24, 2.45) is 5.73 Å². The molecule has 3 amide bonds. The van der Waals surface area contributed by atoms with Gasteiger partial charge >= 0.3 is 6.03 Å². The number of urea groups is 1. The molecule has 15 heavy (non-hydrogen) atoms. The van der Waals surface area contributed by atoms with Gasteiger partial charge in [0.25, 0.3) is 5.91 Å². The van der Waals surface area contributed by atoms with E-state index in [4.69, 9.17) is 5.73 Å². The summed E-state index contributed by atoms with van der Waals surface area (Å²) in [5.41, 5.74) is 10.6. The van der Waals surface area contributed by atoms with Gasteiger partial charge in [0, 0.05) is 3.57 Å². The molecule has 0 unspecified atom stereocenters. The number of nitrogens with one attached hydrogen (secondary N) is 2. The monoisotopic (exact) mass is 319 g/mol. The molecule has 0 aromatic heterocycles. The molecular weight excluding hydrogens is 309 g/mol. The van der Waals surface area contributed by atoms with Gasteiger partial charge in [0.2, 0.25) is 0 Å². The van der Waals surface area contributed by atoms with E-state index in [1.807, 2.05) is 18.4 Å². The zero-order chi connectivity index (χ0) is 11.4. The van der Waals surface area contributed by atoms with Gasteiger partial charge < -0.3 is 5.73 Å². The lowest BCUT2D eigenvalue weighted by molar-refractivity contribution is 0.0936. The number of rotatable bonds is 1. The molecule has 1 aromatic carbocycles. The van der Waals surface area contributed by atoms with Gasteiger partial charge in [-0.3, -0.25) is 10.2 Å². The third-order valence-corrected chi connectivity index (χ3v) is 3.17. The van der Waals surface area contributed by atoms with Crippen molar-refractivity contribution >= 4 is 34.5 Å². The Labute approximate surface area is 101 Å². The van der Waals surface area contributed by atoms with E-state index in [0.717, 1.165) is 9.13 Å². The molecule has 1 rings (SSSR count). The van der Waals surface area contributed by atoms with E-state index in [0.29, 0.717) is 5.56 Å². The average Bonchev–Trinajstić information content (AvgIpc) is 2.18. The highest BCUT2D eigenvalue weighted by molar-refractivity contribution is 14.1. The third kappa shape index (κ3) is 3.08. The maximum absolute atomic E-state index is 11.5. The molecule has 0 bridgehead atoms. The smallest absolute Gasteiger partial charge is 0.330 e. The van der Waals surface area contributed by atoms with E-state index in [9.17, 15) is 9.59 Å². The standard InChI is InChI=1S/C9H10IN3O2/c1-5-3-2-4-6(7(5)10)8(14)12-13-9(11)15/h2-4H,1H3,(H,12,14)(H3,11,13,15). The Morgan fingerprint density at radius 3 is 2.60 bits per heavy atom. The van der Waals surface area contributed by atoms with Crippen molar-refractivity contribution in [3.63, 3.8) is 0 Å². The average molecular weight is 319 g/mol. The lowest BCUT2D eigenvalue weighted by Crippen LogP contribution is -2.44. The summed E-state index contributed by atoms with van der Waals surface area (Å²) in [6.07, 6.45) is 0.